The number of nitrogens with one attached hydrogen (secondary N) is 3. The Balaban J connectivity index is 2.07. The Labute approximate surface area is 170 Å². The van der Waals surface area contributed by atoms with E-state index in [4.69, 9.17) is 0 Å². The highest BCUT2D eigenvalue weighted by atomic mass is 16.2. The van der Waals surface area contributed by atoms with Crippen molar-refractivity contribution in [2.75, 3.05) is 20.1 Å². The van der Waals surface area contributed by atoms with Gasteiger partial charge in [0.1, 0.15) is 24.2 Å². The zero-order chi connectivity index (χ0) is 21.7. The van der Waals surface area contributed by atoms with Gasteiger partial charge in [-0.05, 0) is 39.5 Å². The molecule has 29 heavy (non-hydrogen) atoms. The van der Waals surface area contributed by atoms with Crippen LogP contribution < -0.4 is 16.0 Å². The average Bonchev–Trinajstić information content (AvgIpc) is 3.34. The first-order chi connectivity index (χ1) is 13.7. The van der Waals surface area contributed by atoms with Crippen molar-refractivity contribution in [1.82, 2.24) is 25.8 Å². The van der Waals surface area contributed by atoms with Gasteiger partial charge in [-0.25, -0.2) is 0 Å². The molecule has 0 bridgehead atoms. The minimum atomic E-state index is -0.716. The van der Waals surface area contributed by atoms with Crippen molar-refractivity contribution in [3.63, 3.8) is 0 Å². The number of nitrogens with zero attached hydrogens (tertiary/aromatic N) is 2. The molecule has 0 aromatic carbocycles. The number of likely N-dealkylation sites (tertiary alicyclic amines) is 2. The van der Waals surface area contributed by atoms with E-state index in [0.717, 1.165) is 0 Å². The van der Waals surface area contributed by atoms with Gasteiger partial charge in [0.25, 0.3) is 0 Å². The van der Waals surface area contributed by atoms with Crippen molar-refractivity contribution < 1.29 is 24.0 Å². The molecule has 2 saturated heterocycles. The van der Waals surface area contributed by atoms with Crippen LogP contribution in [0.5, 0.6) is 0 Å². The maximum absolute atomic E-state index is 13.2. The molecule has 162 valence electrons. The Morgan fingerprint density at radius 1 is 0.862 bits per heavy atom. The molecule has 5 amide bonds. The predicted molar refractivity (Wildman–Crippen MR) is 104 cm³/mol. The van der Waals surface area contributed by atoms with Crippen LogP contribution in [0.3, 0.4) is 0 Å². The third-order valence-electron chi connectivity index (χ3n) is 5.45. The van der Waals surface area contributed by atoms with Gasteiger partial charge in [-0.3, -0.25) is 24.0 Å². The summed E-state index contributed by atoms with van der Waals surface area (Å²) in [5.74, 6) is -1.54. The number of hydrogen-bond donors (Lipinski definition) is 3. The zero-order valence-corrected chi connectivity index (χ0v) is 17.5. The van der Waals surface area contributed by atoms with E-state index in [1.165, 1.54) is 23.8 Å². The number of amides is 5. The summed E-state index contributed by atoms with van der Waals surface area (Å²) in [5, 5.41) is 7.68. The highest BCUT2D eigenvalue weighted by Crippen LogP contribution is 2.25. The van der Waals surface area contributed by atoms with Gasteiger partial charge in [0.05, 0.1) is 0 Å². The molecule has 2 aliphatic heterocycles. The summed E-state index contributed by atoms with van der Waals surface area (Å²) in [4.78, 5) is 64.4. The molecule has 2 fully saturated rings. The molecule has 0 aromatic rings. The lowest BCUT2D eigenvalue weighted by Crippen LogP contribution is -2.56. The van der Waals surface area contributed by atoms with Crippen molar-refractivity contribution >= 4 is 29.5 Å². The van der Waals surface area contributed by atoms with Gasteiger partial charge >= 0.3 is 0 Å². The molecule has 0 radical (unpaired) electrons. The Morgan fingerprint density at radius 2 is 1.45 bits per heavy atom. The highest BCUT2D eigenvalue weighted by molar-refractivity contribution is 5.95. The molecular formula is C19H31N5O5. The van der Waals surface area contributed by atoms with Gasteiger partial charge in [0, 0.05) is 27.1 Å². The number of likely N-dealkylation sites (N-methyl/N-ethyl adjacent to an activating group) is 1. The lowest BCUT2D eigenvalue weighted by atomic mass is 10.1. The van der Waals surface area contributed by atoms with Gasteiger partial charge in [0.2, 0.25) is 29.5 Å². The van der Waals surface area contributed by atoms with Crippen molar-refractivity contribution in [2.45, 2.75) is 70.6 Å². The minimum absolute atomic E-state index is 0.254. The first kappa shape index (κ1) is 22.6. The third kappa shape index (κ3) is 5.24. The fourth-order valence-corrected chi connectivity index (χ4v) is 3.99. The number of hydrogen-bond acceptors (Lipinski definition) is 5. The van der Waals surface area contributed by atoms with E-state index in [0.29, 0.717) is 38.8 Å². The molecule has 10 heteroatoms. The van der Waals surface area contributed by atoms with Crippen LogP contribution in [-0.2, 0) is 24.0 Å². The van der Waals surface area contributed by atoms with Gasteiger partial charge in [-0.15, -0.1) is 0 Å². The fourth-order valence-electron chi connectivity index (χ4n) is 3.99. The quantitative estimate of drug-likeness (QED) is 0.505. The van der Waals surface area contributed by atoms with Crippen molar-refractivity contribution in [3.8, 4) is 0 Å². The maximum atomic E-state index is 13.2. The maximum Gasteiger partial charge on any atom is 0.246 e. The van der Waals surface area contributed by atoms with Crippen LogP contribution in [0.15, 0.2) is 0 Å². The SMILES string of the molecule is CNC(=O)[C@H](C)NC(=O)[C@@H]1CCCN1C(=O)[C@@H]1CCCN1C(=O)[C@H](C)NC(C)=O. The molecule has 0 aliphatic carbocycles. The second-order valence-electron chi connectivity index (χ2n) is 7.65. The van der Waals surface area contributed by atoms with Gasteiger partial charge in [-0.1, -0.05) is 0 Å². The van der Waals surface area contributed by atoms with E-state index in [1.807, 2.05) is 0 Å². The Kier molecular flexibility index (Phi) is 7.58. The van der Waals surface area contributed by atoms with E-state index < -0.39 is 24.2 Å². The van der Waals surface area contributed by atoms with E-state index in [9.17, 15) is 24.0 Å². The largest absolute Gasteiger partial charge is 0.357 e. The topological polar surface area (TPSA) is 128 Å². The Hall–Kier alpha value is -2.65. The molecule has 10 nitrogen and oxygen atoms in total. The lowest BCUT2D eigenvalue weighted by molar-refractivity contribution is -0.147. The molecule has 0 saturated carbocycles. The summed E-state index contributed by atoms with van der Waals surface area (Å²) in [5.41, 5.74) is 0. The number of carbonyl (C=O) groups excluding carboxylic acids is 5. The summed E-state index contributed by atoms with van der Waals surface area (Å²) < 4.78 is 0. The summed E-state index contributed by atoms with van der Waals surface area (Å²) in [6.45, 7) is 5.39. The fraction of sp³-hybridized carbons (Fsp3) is 0.737. The van der Waals surface area contributed by atoms with Crippen LogP contribution in [-0.4, -0.2) is 83.6 Å². The molecular weight excluding hydrogens is 378 g/mol. The van der Waals surface area contributed by atoms with Crippen LogP contribution in [0.1, 0.15) is 46.5 Å². The smallest absolute Gasteiger partial charge is 0.246 e. The normalized spacial score (nSPS) is 23.3. The minimum Gasteiger partial charge on any atom is -0.357 e. The van der Waals surface area contributed by atoms with Crippen LogP contribution in [0.2, 0.25) is 0 Å². The van der Waals surface area contributed by atoms with E-state index in [2.05, 4.69) is 16.0 Å². The second kappa shape index (κ2) is 9.71. The third-order valence-corrected chi connectivity index (χ3v) is 5.45. The Bertz CT molecular complexity index is 682. The van der Waals surface area contributed by atoms with Gasteiger partial charge < -0.3 is 25.8 Å². The van der Waals surface area contributed by atoms with E-state index >= 15 is 0 Å². The van der Waals surface area contributed by atoms with E-state index in [1.54, 1.807) is 13.8 Å². The summed E-state index contributed by atoms with van der Waals surface area (Å²) in [7, 11) is 1.49. The van der Waals surface area contributed by atoms with E-state index in [-0.39, 0.29) is 29.5 Å². The molecule has 0 spiro atoms. The van der Waals surface area contributed by atoms with Crippen LogP contribution in [0.4, 0.5) is 0 Å². The lowest BCUT2D eigenvalue weighted by Gasteiger charge is -2.32. The molecule has 0 aromatic heterocycles. The first-order valence-electron chi connectivity index (χ1n) is 10.1. The molecule has 2 rings (SSSR count). The molecule has 2 heterocycles. The van der Waals surface area contributed by atoms with Crippen LogP contribution >= 0.6 is 0 Å². The highest BCUT2D eigenvalue weighted by Gasteiger charge is 2.43. The van der Waals surface area contributed by atoms with Crippen molar-refractivity contribution in [3.05, 3.63) is 0 Å². The van der Waals surface area contributed by atoms with Gasteiger partial charge in [0.15, 0.2) is 0 Å². The molecule has 2 aliphatic rings. The van der Waals surface area contributed by atoms with Gasteiger partial charge in [-0.2, -0.15) is 0 Å². The second-order valence-corrected chi connectivity index (χ2v) is 7.65. The summed E-state index contributed by atoms with van der Waals surface area (Å²) in [6, 6.07) is -2.71. The summed E-state index contributed by atoms with van der Waals surface area (Å²) in [6.07, 6.45) is 2.41. The Morgan fingerprint density at radius 3 is 2.03 bits per heavy atom. The summed E-state index contributed by atoms with van der Waals surface area (Å²) >= 11 is 0. The predicted octanol–water partition coefficient (Wildman–Crippen LogP) is -1.26. The van der Waals surface area contributed by atoms with Crippen molar-refractivity contribution in [2.24, 2.45) is 0 Å². The molecule has 3 N–H and O–H groups in total. The average molecular weight is 409 g/mol. The molecule has 4 atom stereocenters. The monoisotopic (exact) mass is 409 g/mol. The standard InChI is InChI=1S/C19H31N5O5/c1-11(16(26)20-4)22-17(27)14-7-5-9-23(14)19(29)15-8-6-10-24(15)18(28)12(2)21-13(3)25/h11-12,14-15H,5-10H2,1-4H3,(H,20,26)(H,21,25)(H,22,27)/t11-,12-,14-,15-/m0/s1. The number of rotatable bonds is 6. The van der Waals surface area contributed by atoms with Crippen LogP contribution in [0.25, 0.3) is 0 Å². The zero-order valence-electron chi connectivity index (χ0n) is 17.5. The van der Waals surface area contributed by atoms with Crippen molar-refractivity contribution in [1.29, 1.82) is 0 Å². The first-order valence-corrected chi connectivity index (χ1v) is 10.1. The molecule has 0 unspecified atom stereocenters. The number of carbonyl (C=O) groups is 5. The van der Waals surface area contributed by atoms with Crippen LogP contribution in [0, 0.1) is 0 Å².